The Morgan fingerprint density at radius 2 is 2.05 bits per heavy atom. The number of aliphatic carboxylic acids is 1. The monoisotopic (exact) mass is 262 g/mol. The van der Waals surface area contributed by atoms with Crippen molar-refractivity contribution in [2.75, 3.05) is 11.9 Å². The zero-order valence-electron chi connectivity index (χ0n) is 11.1. The second-order valence-electron chi connectivity index (χ2n) is 5.07. The van der Waals surface area contributed by atoms with Gasteiger partial charge in [-0.3, -0.25) is 4.90 Å². The summed E-state index contributed by atoms with van der Waals surface area (Å²) in [5, 5.41) is 11.8. The maximum absolute atomic E-state index is 12.1. The first-order valence-corrected chi connectivity index (χ1v) is 6.30. The van der Waals surface area contributed by atoms with Crippen LogP contribution in [0.5, 0.6) is 0 Å². The van der Waals surface area contributed by atoms with E-state index in [9.17, 15) is 14.7 Å². The van der Waals surface area contributed by atoms with Crippen LogP contribution in [0.1, 0.15) is 24.8 Å². The summed E-state index contributed by atoms with van der Waals surface area (Å²) in [6, 6.07) is 7.13. The van der Waals surface area contributed by atoms with E-state index >= 15 is 0 Å². The Labute approximate surface area is 112 Å². The van der Waals surface area contributed by atoms with Crippen LogP contribution in [0.25, 0.3) is 0 Å². The van der Waals surface area contributed by atoms with Crippen LogP contribution in [0.2, 0.25) is 0 Å². The van der Waals surface area contributed by atoms with Gasteiger partial charge in [0.2, 0.25) is 0 Å². The second kappa shape index (κ2) is 4.91. The first kappa shape index (κ1) is 13.4. The van der Waals surface area contributed by atoms with Crippen LogP contribution in [0.4, 0.5) is 10.5 Å². The van der Waals surface area contributed by atoms with E-state index in [1.165, 1.54) is 4.90 Å². The van der Waals surface area contributed by atoms with Crippen molar-refractivity contribution < 1.29 is 14.7 Å². The average Bonchev–Trinajstić information content (AvgIpc) is 2.32. The molecule has 0 radical (unpaired) electrons. The summed E-state index contributed by atoms with van der Waals surface area (Å²) in [4.78, 5) is 24.8. The molecule has 5 heteroatoms. The number of nitrogens with one attached hydrogen (secondary N) is 1. The van der Waals surface area contributed by atoms with Gasteiger partial charge in [0.05, 0.1) is 0 Å². The third-order valence-corrected chi connectivity index (χ3v) is 3.66. The molecule has 102 valence electrons. The fourth-order valence-corrected chi connectivity index (χ4v) is 2.17. The fourth-order valence-electron chi connectivity index (χ4n) is 2.17. The third-order valence-electron chi connectivity index (χ3n) is 3.66. The highest BCUT2D eigenvalue weighted by molar-refractivity contribution is 5.95. The van der Waals surface area contributed by atoms with Crippen LogP contribution < -0.4 is 10.2 Å². The molecule has 0 aliphatic heterocycles. The van der Waals surface area contributed by atoms with Crippen molar-refractivity contribution in [3.05, 3.63) is 29.8 Å². The number of benzene rings is 1. The maximum Gasteiger partial charge on any atom is 0.329 e. The Morgan fingerprint density at radius 3 is 2.53 bits per heavy atom. The van der Waals surface area contributed by atoms with Crippen LogP contribution in [-0.4, -0.2) is 29.7 Å². The largest absolute Gasteiger partial charge is 0.480 e. The van der Waals surface area contributed by atoms with Crippen LogP contribution >= 0.6 is 0 Å². The number of anilines is 1. The van der Waals surface area contributed by atoms with Crippen LogP contribution in [-0.2, 0) is 4.79 Å². The number of carbonyl (C=O) groups is 2. The smallest absolute Gasteiger partial charge is 0.329 e. The SMILES string of the molecule is Cc1cccc(N(C)C(=O)NC2(C(=O)O)CCC2)c1. The van der Waals surface area contributed by atoms with Gasteiger partial charge >= 0.3 is 12.0 Å². The number of rotatable bonds is 3. The normalized spacial score (nSPS) is 16.3. The average molecular weight is 262 g/mol. The van der Waals surface area contributed by atoms with Gasteiger partial charge in [-0.05, 0) is 43.9 Å². The molecule has 2 rings (SSSR count). The van der Waals surface area contributed by atoms with Crippen molar-refractivity contribution in [3.63, 3.8) is 0 Å². The molecule has 5 nitrogen and oxygen atoms in total. The summed E-state index contributed by atoms with van der Waals surface area (Å²) < 4.78 is 0. The second-order valence-corrected chi connectivity index (χ2v) is 5.07. The molecule has 19 heavy (non-hydrogen) atoms. The van der Waals surface area contributed by atoms with Gasteiger partial charge in [-0.2, -0.15) is 0 Å². The number of hydrogen-bond acceptors (Lipinski definition) is 2. The molecule has 0 spiro atoms. The molecule has 0 aromatic heterocycles. The molecule has 1 aromatic rings. The minimum Gasteiger partial charge on any atom is -0.480 e. The Morgan fingerprint density at radius 1 is 1.37 bits per heavy atom. The van der Waals surface area contributed by atoms with Gasteiger partial charge in [0.25, 0.3) is 0 Å². The van der Waals surface area contributed by atoms with Crippen molar-refractivity contribution in [1.82, 2.24) is 5.32 Å². The lowest BCUT2D eigenvalue weighted by molar-refractivity contribution is -0.148. The molecule has 1 aliphatic rings. The van der Waals surface area contributed by atoms with Gasteiger partial charge in [0, 0.05) is 12.7 Å². The lowest BCUT2D eigenvalue weighted by Gasteiger charge is -2.39. The standard InChI is InChI=1S/C14H18N2O3/c1-10-5-3-6-11(9-10)16(2)13(19)15-14(12(17)18)7-4-8-14/h3,5-6,9H,4,7-8H2,1-2H3,(H,15,19)(H,17,18). The van der Waals surface area contributed by atoms with E-state index in [4.69, 9.17) is 0 Å². The van der Waals surface area contributed by atoms with Gasteiger partial charge in [0.15, 0.2) is 0 Å². The minimum absolute atomic E-state index is 0.382. The number of carboxylic acid groups (broad SMARTS) is 1. The van der Waals surface area contributed by atoms with Crippen LogP contribution in [0.3, 0.4) is 0 Å². The number of nitrogens with zero attached hydrogens (tertiary/aromatic N) is 1. The molecule has 2 amide bonds. The van der Waals surface area contributed by atoms with E-state index in [2.05, 4.69) is 5.32 Å². The summed E-state index contributed by atoms with van der Waals surface area (Å²) in [6.07, 6.45) is 1.83. The lowest BCUT2D eigenvalue weighted by atomic mass is 9.77. The summed E-state index contributed by atoms with van der Waals surface area (Å²) in [5.41, 5.74) is 0.723. The summed E-state index contributed by atoms with van der Waals surface area (Å²) in [6.45, 7) is 1.94. The van der Waals surface area contributed by atoms with E-state index in [1.54, 1.807) is 7.05 Å². The Kier molecular flexibility index (Phi) is 3.46. The first-order valence-electron chi connectivity index (χ1n) is 6.30. The maximum atomic E-state index is 12.1. The lowest BCUT2D eigenvalue weighted by Crippen LogP contribution is -2.61. The van der Waals surface area contributed by atoms with Gasteiger partial charge in [-0.25, -0.2) is 9.59 Å². The number of amides is 2. The number of urea groups is 1. The van der Waals surface area contributed by atoms with Crippen molar-refractivity contribution in [2.24, 2.45) is 0 Å². The van der Waals surface area contributed by atoms with E-state index in [-0.39, 0.29) is 6.03 Å². The highest BCUT2D eigenvalue weighted by Crippen LogP contribution is 2.32. The molecule has 0 saturated heterocycles. The van der Waals surface area contributed by atoms with Crippen molar-refractivity contribution >= 4 is 17.7 Å². The van der Waals surface area contributed by atoms with Gasteiger partial charge in [-0.1, -0.05) is 12.1 Å². The highest BCUT2D eigenvalue weighted by atomic mass is 16.4. The molecule has 0 heterocycles. The van der Waals surface area contributed by atoms with Crippen LogP contribution in [0, 0.1) is 6.92 Å². The highest BCUT2D eigenvalue weighted by Gasteiger charge is 2.46. The number of carboxylic acids is 1. The Bertz CT molecular complexity index is 509. The predicted octanol–water partition coefficient (Wildman–Crippen LogP) is 2.15. The number of carbonyl (C=O) groups excluding carboxylic acids is 1. The van der Waals surface area contributed by atoms with E-state index in [1.807, 2.05) is 31.2 Å². The quantitative estimate of drug-likeness (QED) is 0.876. The topological polar surface area (TPSA) is 69.6 Å². The summed E-state index contributed by atoms with van der Waals surface area (Å²) in [7, 11) is 1.64. The molecule has 1 aromatic carbocycles. The van der Waals surface area contributed by atoms with E-state index < -0.39 is 11.5 Å². The molecular formula is C14H18N2O3. The molecule has 1 aliphatic carbocycles. The van der Waals surface area contributed by atoms with Crippen LogP contribution in [0.15, 0.2) is 24.3 Å². The number of hydrogen-bond donors (Lipinski definition) is 2. The van der Waals surface area contributed by atoms with Crippen molar-refractivity contribution in [2.45, 2.75) is 31.7 Å². The zero-order chi connectivity index (χ0) is 14.0. The van der Waals surface area contributed by atoms with E-state index in [0.717, 1.165) is 17.7 Å². The molecule has 0 unspecified atom stereocenters. The molecular weight excluding hydrogens is 244 g/mol. The Balaban J connectivity index is 2.10. The summed E-state index contributed by atoms with van der Waals surface area (Å²) >= 11 is 0. The van der Waals surface area contributed by atoms with Gasteiger partial charge < -0.3 is 10.4 Å². The predicted molar refractivity (Wildman–Crippen MR) is 72.3 cm³/mol. The molecule has 0 bridgehead atoms. The number of aryl methyl sites for hydroxylation is 1. The van der Waals surface area contributed by atoms with Gasteiger partial charge in [-0.15, -0.1) is 0 Å². The molecule has 2 N–H and O–H groups in total. The van der Waals surface area contributed by atoms with Crippen molar-refractivity contribution in [3.8, 4) is 0 Å². The molecule has 0 atom stereocenters. The first-order chi connectivity index (χ1) is 8.94. The zero-order valence-corrected chi connectivity index (χ0v) is 11.1. The molecule has 1 fully saturated rings. The fraction of sp³-hybridized carbons (Fsp3) is 0.429. The minimum atomic E-state index is -1.07. The van der Waals surface area contributed by atoms with E-state index in [0.29, 0.717) is 12.8 Å². The third kappa shape index (κ3) is 2.54. The Hall–Kier alpha value is -2.04. The molecule has 1 saturated carbocycles. The summed E-state index contributed by atoms with van der Waals surface area (Å²) in [5.74, 6) is -0.954. The van der Waals surface area contributed by atoms with Gasteiger partial charge in [0.1, 0.15) is 5.54 Å². The van der Waals surface area contributed by atoms with Crippen molar-refractivity contribution in [1.29, 1.82) is 0 Å².